The van der Waals surface area contributed by atoms with Crippen LogP contribution in [-0.4, -0.2) is 0 Å². The summed E-state index contributed by atoms with van der Waals surface area (Å²) < 4.78 is 12.1. The Kier molecular flexibility index (Phi) is 3.77. The first kappa shape index (κ1) is 8.88. The molecule has 9 heavy (non-hydrogen) atoms. The highest BCUT2D eigenvalue weighted by molar-refractivity contribution is 7.10. The fourth-order valence-electron chi connectivity index (χ4n) is 0.461. The number of thiophene rings is 1. The molecule has 0 spiro atoms. The summed E-state index contributed by atoms with van der Waals surface area (Å²) in [7, 11) is 0. The van der Waals surface area contributed by atoms with Crippen molar-refractivity contribution in [3.05, 3.63) is 22.1 Å². The maximum atomic E-state index is 12.1. The number of halogens is 2. The molecule has 0 atom stereocenters. The fourth-order valence-corrected chi connectivity index (χ4v) is 1.07. The molecule has 1 aromatic rings. The molecule has 0 radical (unpaired) electrons. The van der Waals surface area contributed by atoms with Gasteiger partial charge >= 0.3 is 0 Å². The highest BCUT2D eigenvalue weighted by Gasteiger charge is 1.93. The molecule has 0 aromatic carbocycles. The van der Waals surface area contributed by atoms with Crippen LogP contribution >= 0.6 is 23.7 Å². The Labute approximate surface area is 63.1 Å². The van der Waals surface area contributed by atoms with Gasteiger partial charge in [-0.3, -0.25) is 0 Å². The number of hydrogen-bond acceptors (Lipinski definition) is 2. The van der Waals surface area contributed by atoms with Crippen LogP contribution in [0.2, 0.25) is 0 Å². The van der Waals surface area contributed by atoms with Crippen LogP contribution in [0, 0.1) is 5.13 Å². The van der Waals surface area contributed by atoms with E-state index in [9.17, 15) is 4.39 Å². The number of nitrogens with two attached hydrogens (primary N) is 1. The van der Waals surface area contributed by atoms with Gasteiger partial charge in [0, 0.05) is 11.4 Å². The molecule has 1 heterocycles. The van der Waals surface area contributed by atoms with Gasteiger partial charge < -0.3 is 5.73 Å². The van der Waals surface area contributed by atoms with Gasteiger partial charge in [-0.05, 0) is 12.1 Å². The first-order chi connectivity index (χ1) is 3.83. The van der Waals surface area contributed by atoms with Crippen LogP contribution in [0.1, 0.15) is 4.88 Å². The van der Waals surface area contributed by atoms with Gasteiger partial charge in [-0.2, -0.15) is 4.39 Å². The maximum absolute atomic E-state index is 12.1. The van der Waals surface area contributed by atoms with Crippen LogP contribution in [0.25, 0.3) is 0 Å². The van der Waals surface area contributed by atoms with E-state index in [1.54, 1.807) is 6.07 Å². The van der Waals surface area contributed by atoms with Crippen molar-refractivity contribution in [1.29, 1.82) is 0 Å². The van der Waals surface area contributed by atoms with Gasteiger partial charge in [-0.1, -0.05) is 0 Å². The SMILES string of the molecule is Cl.NCc1ccc(F)s1. The van der Waals surface area contributed by atoms with Crippen molar-refractivity contribution in [2.75, 3.05) is 0 Å². The Hall–Kier alpha value is -0.120. The highest BCUT2D eigenvalue weighted by atomic mass is 35.5. The minimum absolute atomic E-state index is 0. The van der Waals surface area contributed by atoms with Crippen molar-refractivity contribution < 1.29 is 4.39 Å². The van der Waals surface area contributed by atoms with Crippen LogP contribution in [0.4, 0.5) is 4.39 Å². The molecule has 0 saturated heterocycles. The van der Waals surface area contributed by atoms with E-state index in [1.807, 2.05) is 0 Å². The van der Waals surface area contributed by atoms with E-state index in [0.717, 1.165) is 16.2 Å². The van der Waals surface area contributed by atoms with E-state index in [1.165, 1.54) is 6.07 Å². The Morgan fingerprint density at radius 2 is 2.22 bits per heavy atom. The van der Waals surface area contributed by atoms with E-state index in [-0.39, 0.29) is 17.5 Å². The quantitative estimate of drug-likeness (QED) is 0.678. The summed E-state index contributed by atoms with van der Waals surface area (Å²) in [6, 6.07) is 3.12. The largest absolute Gasteiger partial charge is 0.326 e. The first-order valence-corrected chi connectivity index (χ1v) is 3.09. The van der Waals surface area contributed by atoms with Gasteiger partial charge in [-0.15, -0.1) is 23.7 Å². The Balaban J connectivity index is 0.000000640. The summed E-state index contributed by atoms with van der Waals surface area (Å²) >= 11 is 1.10. The van der Waals surface area contributed by atoms with E-state index in [2.05, 4.69) is 0 Å². The average molecular weight is 168 g/mol. The van der Waals surface area contributed by atoms with Crippen molar-refractivity contribution in [1.82, 2.24) is 0 Å². The summed E-state index contributed by atoms with van der Waals surface area (Å²) in [6.07, 6.45) is 0. The van der Waals surface area contributed by atoms with Crippen LogP contribution < -0.4 is 5.73 Å². The predicted molar refractivity (Wildman–Crippen MR) is 39.4 cm³/mol. The molecule has 0 aliphatic heterocycles. The molecule has 4 heteroatoms. The van der Waals surface area contributed by atoms with Crippen molar-refractivity contribution in [2.45, 2.75) is 6.54 Å². The molecule has 0 aliphatic carbocycles. The molecule has 0 unspecified atom stereocenters. The summed E-state index contributed by atoms with van der Waals surface area (Å²) in [5.41, 5.74) is 5.21. The molecule has 2 N–H and O–H groups in total. The first-order valence-electron chi connectivity index (χ1n) is 2.27. The smallest absolute Gasteiger partial charge is 0.176 e. The van der Waals surface area contributed by atoms with Crippen LogP contribution in [0.3, 0.4) is 0 Å². The van der Waals surface area contributed by atoms with Gasteiger partial charge in [0.15, 0.2) is 5.13 Å². The third-order valence-electron chi connectivity index (χ3n) is 0.830. The van der Waals surface area contributed by atoms with Gasteiger partial charge in [0.25, 0.3) is 0 Å². The van der Waals surface area contributed by atoms with Gasteiger partial charge in [0.2, 0.25) is 0 Å². The highest BCUT2D eigenvalue weighted by Crippen LogP contribution is 2.12. The lowest BCUT2D eigenvalue weighted by Crippen LogP contribution is -1.90. The molecule has 0 amide bonds. The van der Waals surface area contributed by atoms with E-state index in [4.69, 9.17) is 5.73 Å². The van der Waals surface area contributed by atoms with Crippen molar-refractivity contribution in [3.8, 4) is 0 Å². The van der Waals surface area contributed by atoms with E-state index in [0.29, 0.717) is 6.54 Å². The summed E-state index contributed by atoms with van der Waals surface area (Å²) in [5.74, 6) is 0. The van der Waals surface area contributed by atoms with E-state index >= 15 is 0 Å². The molecule has 1 rings (SSSR count). The molecule has 1 nitrogen and oxygen atoms in total. The minimum atomic E-state index is -0.162. The maximum Gasteiger partial charge on any atom is 0.176 e. The Morgan fingerprint density at radius 1 is 1.56 bits per heavy atom. The zero-order valence-corrected chi connectivity index (χ0v) is 6.27. The molecule has 0 fully saturated rings. The Morgan fingerprint density at radius 3 is 2.44 bits per heavy atom. The van der Waals surface area contributed by atoms with Gasteiger partial charge in [-0.25, -0.2) is 0 Å². The van der Waals surface area contributed by atoms with Crippen LogP contribution in [0.15, 0.2) is 12.1 Å². The third kappa shape index (κ3) is 2.30. The van der Waals surface area contributed by atoms with Crippen molar-refractivity contribution in [3.63, 3.8) is 0 Å². The Bertz CT molecular complexity index is 177. The zero-order valence-electron chi connectivity index (χ0n) is 4.63. The second-order valence-corrected chi connectivity index (χ2v) is 2.53. The second-order valence-electron chi connectivity index (χ2n) is 1.41. The second kappa shape index (κ2) is 3.82. The number of hydrogen-bond donors (Lipinski definition) is 1. The zero-order chi connectivity index (χ0) is 5.98. The van der Waals surface area contributed by atoms with Crippen LogP contribution in [-0.2, 0) is 6.54 Å². The summed E-state index contributed by atoms with van der Waals surface area (Å²) in [6.45, 7) is 0.439. The monoisotopic (exact) mass is 167 g/mol. The van der Waals surface area contributed by atoms with Crippen molar-refractivity contribution >= 4 is 23.7 Å². The normalized spacial score (nSPS) is 8.67. The topological polar surface area (TPSA) is 26.0 Å². The molecule has 52 valence electrons. The molecular formula is C5H7ClFNS. The lowest BCUT2D eigenvalue weighted by atomic mass is 10.5. The molecule has 0 saturated carbocycles. The molecule has 0 aliphatic rings. The minimum Gasteiger partial charge on any atom is -0.326 e. The van der Waals surface area contributed by atoms with Crippen molar-refractivity contribution in [2.24, 2.45) is 5.73 Å². The van der Waals surface area contributed by atoms with E-state index < -0.39 is 0 Å². The van der Waals surface area contributed by atoms with Gasteiger partial charge in [0.05, 0.1) is 0 Å². The fraction of sp³-hybridized carbons (Fsp3) is 0.200. The summed E-state index contributed by atoms with van der Waals surface area (Å²) in [4.78, 5) is 0.891. The third-order valence-corrected chi connectivity index (χ3v) is 1.73. The standard InChI is InChI=1S/C5H6FNS.ClH/c6-5-2-1-4(3-7)8-5;/h1-2H,3,7H2;1H. The average Bonchev–Trinajstić information content (AvgIpc) is 2.14. The predicted octanol–water partition coefficient (Wildman–Crippen LogP) is 1.77. The lowest BCUT2D eigenvalue weighted by molar-refractivity contribution is 0.657. The molecule has 1 aromatic heterocycles. The van der Waals surface area contributed by atoms with Crippen LogP contribution in [0.5, 0.6) is 0 Å². The molecular weight excluding hydrogens is 161 g/mol. The molecule has 0 bridgehead atoms. The number of rotatable bonds is 1. The summed E-state index contributed by atoms with van der Waals surface area (Å²) in [5, 5.41) is -0.162. The lowest BCUT2D eigenvalue weighted by Gasteiger charge is -1.80. The van der Waals surface area contributed by atoms with Gasteiger partial charge in [0.1, 0.15) is 0 Å².